The van der Waals surface area contributed by atoms with Gasteiger partial charge >= 0.3 is 0 Å². The topological polar surface area (TPSA) is 103 Å². The Morgan fingerprint density at radius 1 is 1.27 bits per heavy atom. The Morgan fingerprint density at radius 3 is 2.55 bits per heavy atom. The molecule has 7 heteroatoms. The van der Waals surface area contributed by atoms with Crippen LogP contribution in [0.4, 0.5) is 5.69 Å². The van der Waals surface area contributed by atoms with E-state index in [9.17, 15) is 9.59 Å². The van der Waals surface area contributed by atoms with Crippen LogP contribution in [0.1, 0.15) is 40.3 Å². The van der Waals surface area contributed by atoms with Crippen molar-refractivity contribution in [1.82, 2.24) is 15.0 Å². The van der Waals surface area contributed by atoms with Crippen molar-refractivity contribution in [2.24, 2.45) is 5.73 Å². The summed E-state index contributed by atoms with van der Waals surface area (Å²) in [5.41, 5.74) is 8.61. The lowest BCUT2D eigenvalue weighted by Crippen LogP contribution is -2.26. The molecule has 7 nitrogen and oxygen atoms in total. The third kappa shape index (κ3) is 2.83. The Kier molecular flexibility index (Phi) is 4.25. The summed E-state index contributed by atoms with van der Waals surface area (Å²) in [6.45, 7) is 7.27. The minimum Gasteiger partial charge on any atom is -0.364 e. The first kappa shape index (κ1) is 15.7. The zero-order valence-electron chi connectivity index (χ0n) is 13.0. The van der Waals surface area contributed by atoms with E-state index < -0.39 is 11.9 Å². The number of rotatable bonds is 4. The minimum absolute atomic E-state index is 0.0754. The number of carbonyl (C=O) groups excluding carboxylic acids is 2. The smallest absolute Gasteiger partial charge is 0.271 e. The second kappa shape index (κ2) is 5.97. The van der Waals surface area contributed by atoms with E-state index in [1.807, 2.05) is 32.0 Å². The number of aromatic nitrogens is 3. The SMILES string of the molecule is Cc1cccc(NC(=O)C(C)n2nnc(C(N)=O)c2C)c1C. The fraction of sp³-hybridized carbons (Fsp3) is 0.333. The van der Waals surface area contributed by atoms with E-state index in [-0.39, 0.29) is 11.6 Å². The Morgan fingerprint density at radius 2 is 1.95 bits per heavy atom. The van der Waals surface area contributed by atoms with Gasteiger partial charge in [0, 0.05) is 5.69 Å². The first-order valence-corrected chi connectivity index (χ1v) is 6.91. The molecular formula is C15H19N5O2. The Hall–Kier alpha value is -2.70. The molecule has 1 atom stereocenters. The van der Waals surface area contributed by atoms with Gasteiger partial charge in [-0.2, -0.15) is 0 Å². The van der Waals surface area contributed by atoms with Gasteiger partial charge in [-0.3, -0.25) is 9.59 Å². The first-order chi connectivity index (χ1) is 10.3. The maximum absolute atomic E-state index is 12.4. The van der Waals surface area contributed by atoms with Crippen molar-refractivity contribution in [1.29, 1.82) is 0 Å². The number of hydrogen-bond acceptors (Lipinski definition) is 4. The van der Waals surface area contributed by atoms with Gasteiger partial charge in [-0.15, -0.1) is 5.10 Å². The molecule has 1 aromatic heterocycles. The summed E-state index contributed by atoms with van der Waals surface area (Å²) in [6.07, 6.45) is 0. The maximum Gasteiger partial charge on any atom is 0.271 e. The first-order valence-electron chi connectivity index (χ1n) is 6.91. The maximum atomic E-state index is 12.4. The van der Waals surface area contributed by atoms with Gasteiger partial charge in [0.15, 0.2) is 5.69 Å². The van der Waals surface area contributed by atoms with Crippen LogP contribution in [0.3, 0.4) is 0 Å². The highest BCUT2D eigenvalue weighted by molar-refractivity contribution is 5.95. The Bertz CT molecular complexity index is 736. The highest BCUT2D eigenvalue weighted by atomic mass is 16.2. The molecule has 0 spiro atoms. The van der Waals surface area contributed by atoms with Crippen LogP contribution in [0, 0.1) is 20.8 Å². The van der Waals surface area contributed by atoms with Gasteiger partial charge in [-0.25, -0.2) is 4.68 Å². The molecule has 3 N–H and O–H groups in total. The standard InChI is InChI=1S/C15H19N5O2/c1-8-6-5-7-12(9(8)2)17-15(22)11(4)20-10(3)13(14(16)21)18-19-20/h5-7,11H,1-4H3,(H2,16,21)(H,17,22). The zero-order valence-corrected chi connectivity index (χ0v) is 13.0. The molecule has 2 amide bonds. The van der Waals surface area contributed by atoms with Crippen molar-refractivity contribution in [3.8, 4) is 0 Å². The summed E-state index contributed by atoms with van der Waals surface area (Å²) in [7, 11) is 0. The molecule has 0 radical (unpaired) electrons. The molecule has 1 heterocycles. The predicted molar refractivity (Wildman–Crippen MR) is 82.5 cm³/mol. The van der Waals surface area contributed by atoms with Crippen LogP contribution < -0.4 is 11.1 Å². The van der Waals surface area contributed by atoms with Gasteiger partial charge in [0.05, 0.1) is 5.69 Å². The van der Waals surface area contributed by atoms with Crippen LogP contribution in [0.2, 0.25) is 0 Å². The van der Waals surface area contributed by atoms with E-state index in [0.717, 1.165) is 16.8 Å². The number of nitrogens with two attached hydrogens (primary N) is 1. The lowest BCUT2D eigenvalue weighted by Gasteiger charge is -2.15. The summed E-state index contributed by atoms with van der Waals surface area (Å²) in [4.78, 5) is 23.6. The molecule has 0 fully saturated rings. The second-order valence-electron chi connectivity index (χ2n) is 5.24. The van der Waals surface area contributed by atoms with Crippen LogP contribution in [0.15, 0.2) is 18.2 Å². The van der Waals surface area contributed by atoms with E-state index in [4.69, 9.17) is 5.73 Å². The molecule has 22 heavy (non-hydrogen) atoms. The number of nitrogens with one attached hydrogen (secondary N) is 1. The van der Waals surface area contributed by atoms with Gasteiger partial charge in [-0.05, 0) is 44.9 Å². The number of carbonyl (C=O) groups is 2. The number of amides is 2. The highest BCUT2D eigenvalue weighted by Gasteiger charge is 2.22. The van der Waals surface area contributed by atoms with Crippen molar-refractivity contribution in [2.75, 3.05) is 5.32 Å². The third-order valence-electron chi connectivity index (χ3n) is 3.77. The van der Waals surface area contributed by atoms with Gasteiger partial charge in [0.25, 0.3) is 5.91 Å². The predicted octanol–water partition coefficient (Wildman–Crippen LogP) is 1.50. The molecule has 0 saturated heterocycles. The number of nitrogens with zero attached hydrogens (tertiary/aromatic N) is 3. The molecule has 1 aromatic carbocycles. The van der Waals surface area contributed by atoms with E-state index >= 15 is 0 Å². The average molecular weight is 301 g/mol. The number of anilines is 1. The molecule has 0 aliphatic heterocycles. The van der Waals surface area contributed by atoms with Crippen LogP contribution in [0.5, 0.6) is 0 Å². The third-order valence-corrected chi connectivity index (χ3v) is 3.77. The second-order valence-corrected chi connectivity index (χ2v) is 5.24. The van der Waals surface area contributed by atoms with Crippen LogP contribution >= 0.6 is 0 Å². The fourth-order valence-corrected chi connectivity index (χ4v) is 2.17. The van der Waals surface area contributed by atoms with Crippen LogP contribution in [-0.4, -0.2) is 26.8 Å². The number of primary amides is 1. The summed E-state index contributed by atoms with van der Waals surface area (Å²) in [5.74, 6) is -0.899. The zero-order chi connectivity index (χ0) is 16.4. The van der Waals surface area contributed by atoms with E-state index in [1.54, 1.807) is 13.8 Å². The van der Waals surface area contributed by atoms with Gasteiger partial charge in [-0.1, -0.05) is 17.3 Å². The lowest BCUT2D eigenvalue weighted by atomic mass is 10.1. The molecule has 0 aliphatic carbocycles. The normalized spacial score (nSPS) is 12.0. The van der Waals surface area contributed by atoms with Crippen molar-refractivity contribution in [2.45, 2.75) is 33.7 Å². The number of aryl methyl sites for hydroxylation is 1. The van der Waals surface area contributed by atoms with E-state index in [1.165, 1.54) is 4.68 Å². The molecule has 1 unspecified atom stereocenters. The summed E-state index contributed by atoms with van der Waals surface area (Å²) >= 11 is 0. The van der Waals surface area contributed by atoms with Gasteiger partial charge in [0.2, 0.25) is 5.91 Å². The Balaban J connectivity index is 2.23. The largest absolute Gasteiger partial charge is 0.364 e. The lowest BCUT2D eigenvalue weighted by molar-refractivity contribution is -0.119. The monoisotopic (exact) mass is 301 g/mol. The summed E-state index contributed by atoms with van der Waals surface area (Å²) in [5, 5.41) is 10.4. The summed E-state index contributed by atoms with van der Waals surface area (Å²) < 4.78 is 1.39. The average Bonchev–Trinajstić information content (AvgIpc) is 2.85. The number of hydrogen-bond donors (Lipinski definition) is 2. The van der Waals surface area contributed by atoms with Gasteiger partial charge < -0.3 is 11.1 Å². The van der Waals surface area contributed by atoms with Gasteiger partial charge in [0.1, 0.15) is 6.04 Å². The summed E-state index contributed by atoms with van der Waals surface area (Å²) in [6, 6.07) is 5.10. The van der Waals surface area contributed by atoms with Crippen molar-refractivity contribution in [3.63, 3.8) is 0 Å². The quantitative estimate of drug-likeness (QED) is 0.893. The van der Waals surface area contributed by atoms with E-state index in [0.29, 0.717) is 5.69 Å². The van der Waals surface area contributed by atoms with Crippen molar-refractivity contribution in [3.05, 3.63) is 40.7 Å². The van der Waals surface area contributed by atoms with Crippen LogP contribution in [0.25, 0.3) is 0 Å². The molecule has 116 valence electrons. The molecule has 2 rings (SSSR count). The molecular weight excluding hydrogens is 282 g/mol. The van der Waals surface area contributed by atoms with E-state index in [2.05, 4.69) is 15.6 Å². The molecule has 0 aliphatic rings. The highest BCUT2D eigenvalue weighted by Crippen LogP contribution is 2.20. The molecule has 2 aromatic rings. The van der Waals surface area contributed by atoms with Crippen molar-refractivity contribution >= 4 is 17.5 Å². The van der Waals surface area contributed by atoms with Crippen molar-refractivity contribution < 1.29 is 9.59 Å². The molecule has 0 saturated carbocycles. The fourth-order valence-electron chi connectivity index (χ4n) is 2.17. The molecule has 0 bridgehead atoms. The number of benzene rings is 1. The Labute approximate surface area is 128 Å². The van der Waals surface area contributed by atoms with Crippen LogP contribution in [-0.2, 0) is 4.79 Å². The minimum atomic E-state index is -0.661.